The molecular weight excluding hydrogens is 264 g/mol. The molecule has 1 heterocycles. The molecule has 0 aliphatic rings. The van der Waals surface area contributed by atoms with E-state index < -0.39 is 0 Å². The van der Waals surface area contributed by atoms with E-state index in [1.165, 1.54) is 25.0 Å². The molecule has 0 aromatic carbocycles. The molecule has 0 fully saturated rings. The predicted molar refractivity (Wildman–Crippen MR) is 72.6 cm³/mol. The summed E-state index contributed by atoms with van der Waals surface area (Å²) in [6, 6.07) is 4.80. The summed E-state index contributed by atoms with van der Waals surface area (Å²) in [5.74, 6) is 0. The van der Waals surface area contributed by atoms with E-state index in [1.54, 1.807) is 0 Å². The molecule has 1 atom stereocenters. The molecule has 1 N–H and O–H groups in total. The SMILES string of the molecule is CCCC(CCc1ccc(Br)cn1)NCC. The van der Waals surface area contributed by atoms with Crippen LogP contribution in [0.5, 0.6) is 0 Å². The second kappa shape index (κ2) is 7.80. The Labute approximate surface area is 107 Å². The van der Waals surface area contributed by atoms with E-state index in [2.05, 4.69) is 52.2 Å². The molecule has 0 aliphatic heterocycles. The number of aryl methyl sites for hydroxylation is 1. The molecule has 3 heteroatoms. The van der Waals surface area contributed by atoms with Gasteiger partial charge in [0.05, 0.1) is 0 Å². The van der Waals surface area contributed by atoms with Gasteiger partial charge in [-0.3, -0.25) is 4.98 Å². The van der Waals surface area contributed by atoms with Gasteiger partial charge in [0.15, 0.2) is 0 Å². The van der Waals surface area contributed by atoms with Crippen molar-refractivity contribution in [3.63, 3.8) is 0 Å². The summed E-state index contributed by atoms with van der Waals surface area (Å²) in [7, 11) is 0. The second-order valence-corrected chi connectivity index (χ2v) is 4.97. The molecule has 0 aliphatic carbocycles. The molecule has 1 unspecified atom stereocenters. The van der Waals surface area contributed by atoms with Crippen LogP contribution in [0.4, 0.5) is 0 Å². The molecule has 0 amide bonds. The van der Waals surface area contributed by atoms with Crippen molar-refractivity contribution >= 4 is 15.9 Å². The van der Waals surface area contributed by atoms with Crippen molar-refractivity contribution < 1.29 is 0 Å². The number of nitrogens with zero attached hydrogens (tertiary/aromatic N) is 1. The van der Waals surface area contributed by atoms with Crippen LogP contribution in [-0.4, -0.2) is 17.6 Å². The first-order chi connectivity index (χ1) is 7.76. The largest absolute Gasteiger partial charge is 0.314 e. The first-order valence-electron chi connectivity index (χ1n) is 6.10. The minimum Gasteiger partial charge on any atom is -0.314 e. The highest BCUT2D eigenvalue weighted by Gasteiger charge is 2.06. The summed E-state index contributed by atoms with van der Waals surface area (Å²) < 4.78 is 1.05. The Morgan fingerprint density at radius 1 is 1.31 bits per heavy atom. The molecule has 2 nitrogen and oxygen atoms in total. The first kappa shape index (κ1) is 13.7. The Morgan fingerprint density at radius 2 is 2.12 bits per heavy atom. The summed E-state index contributed by atoms with van der Waals surface area (Å²) in [6.07, 6.45) is 6.61. The van der Waals surface area contributed by atoms with Crippen molar-refractivity contribution in [2.24, 2.45) is 0 Å². The molecule has 1 aromatic heterocycles. The van der Waals surface area contributed by atoms with Gasteiger partial charge < -0.3 is 5.32 Å². The number of nitrogens with one attached hydrogen (secondary N) is 1. The molecule has 1 rings (SSSR count). The third-order valence-corrected chi connectivity index (χ3v) is 3.14. The lowest BCUT2D eigenvalue weighted by Gasteiger charge is -2.16. The van der Waals surface area contributed by atoms with E-state index in [-0.39, 0.29) is 0 Å². The van der Waals surface area contributed by atoms with E-state index in [1.807, 2.05) is 6.20 Å². The standard InChI is InChI=1S/C13H21BrN2/c1-3-5-12(15-4-2)8-9-13-7-6-11(14)10-16-13/h6-7,10,12,15H,3-5,8-9H2,1-2H3. The van der Waals surface area contributed by atoms with Gasteiger partial charge in [-0.1, -0.05) is 20.3 Å². The van der Waals surface area contributed by atoms with Crippen LogP contribution in [0.3, 0.4) is 0 Å². The molecule has 0 saturated heterocycles. The van der Waals surface area contributed by atoms with Crippen LogP contribution in [0.1, 0.15) is 38.8 Å². The zero-order valence-corrected chi connectivity index (χ0v) is 11.8. The third kappa shape index (κ3) is 5.08. The highest BCUT2D eigenvalue weighted by atomic mass is 79.9. The Hall–Kier alpha value is -0.410. The molecular formula is C13H21BrN2. The Bertz CT molecular complexity index is 278. The number of hydrogen-bond acceptors (Lipinski definition) is 2. The van der Waals surface area contributed by atoms with Crippen molar-refractivity contribution in [3.05, 3.63) is 28.5 Å². The lowest BCUT2D eigenvalue weighted by atomic mass is 10.0. The molecule has 1 aromatic rings. The van der Waals surface area contributed by atoms with Crippen LogP contribution in [0, 0.1) is 0 Å². The maximum Gasteiger partial charge on any atom is 0.0413 e. The van der Waals surface area contributed by atoms with Crippen molar-refractivity contribution in [3.8, 4) is 0 Å². The Kier molecular flexibility index (Phi) is 6.65. The maximum absolute atomic E-state index is 4.40. The number of rotatable bonds is 7. The number of hydrogen-bond donors (Lipinski definition) is 1. The van der Waals surface area contributed by atoms with Crippen molar-refractivity contribution in [2.45, 2.75) is 45.6 Å². The van der Waals surface area contributed by atoms with Crippen molar-refractivity contribution in [1.29, 1.82) is 0 Å². The van der Waals surface area contributed by atoms with Gasteiger partial charge >= 0.3 is 0 Å². The van der Waals surface area contributed by atoms with Gasteiger partial charge in [0, 0.05) is 22.4 Å². The van der Waals surface area contributed by atoms with Crippen LogP contribution < -0.4 is 5.32 Å². The molecule has 0 spiro atoms. The van der Waals surface area contributed by atoms with Crippen molar-refractivity contribution in [2.75, 3.05) is 6.54 Å². The monoisotopic (exact) mass is 284 g/mol. The van der Waals surface area contributed by atoms with E-state index >= 15 is 0 Å². The summed E-state index contributed by atoms with van der Waals surface area (Å²) in [5.41, 5.74) is 1.18. The zero-order valence-electron chi connectivity index (χ0n) is 10.2. The normalized spacial score (nSPS) is 12.7. The fraction of sp³-hybridized carbons (Fsp3) is 0.615. The maximum atomic E-state index is 4.40. The number of aromatic nitrogens is 1. The Balaban J connectivity index is 2.38. The van der Waals surface area contributed by atoms with Gasteiger partial charge in [-0.15, -0.1) is 0 Å². The third-order valence-electron chi connectivity index (χ3n) is 2.67. The van der Waals surface area contributed by atoms with E-state index in [0.29, 0.717) is 6.04 Å². The van der Waals surface area contributed by atoms with Gasteiger partial charge in [0.25, 0.3) is 0 Å². The van der Waals surface area contributed by atoms with Gasteiger partial charge in [-0.25, -0.2) is 0 Å². The zero-order chi connectivity index (χ0) is 11.8. The highest BCUT2D eigenvalue weighted by molar-refractivity contribution is 9.10. The molecule has 16 heavy (non-hydrogen) atoms. The summed E-state index contributed by atoms with van der Waals surface area (Å²) in [6.45, 7) is 5.46. The molecule has 90 valence electrons. The minimum absolute atomic E-state index is 0.639. The van der Waals surface area contributed by atoms with Gasteiger partial charge in [0.2, 0.25) is 0 Å². The molecule has 0 radical (unpaired) electrons. The fourth-order valence-corrected chi connectivity index (χ4v) is 2.10. The van der Waals surface area contributed by atoms with E-state index in [9.17, 15) is 0 Å². The minimum atomic E-state index is 0.639. The average molecular weight is 285 g/mol. The van der Waals surface area contributed by atoms with Gasteiger partial charge in [0.1, 0.15) is 0 Å². The summed E-state index contributed by atoms with van der Waals surface area (Å²) in [4.78, 5) is 4.40. The van der Waals surface area contributed by atoms with Crippen LogP contribution in [0.15, 0.2) is 22.8 Å². The topological polar surface area (TPSA) is 24.9 Å². The Morgan fingerprint density at radius 3 is 2.69 bits per heavy atom. The fourth-order valence-electron chi connectivity index (χ4n) is 1.86. The average Bonchev–Trinajstić information content (AvgIpc) is 2.29. The van der Waals surface area contributed by atoms with Crippen LogP contribution in [-0.2, 0) is 6.42 Å². The van der Waals surface area contributed by atoms with Crippen LogP contribution in [0.25, 0.3) is 0 Å². The van der Waals surface area contributed by atoms with Crippen molar-refractivity contribution in [1.82, 2.24) is 10.3 Å². The van der Waals surface area contributed by atoms with Crippen LogP contribution >= 0.6 is 15.9 Å². The molecule has 0 bridgehead atoms. The van der Waals surface area contributed by atoms with E-state index in [0.717, 1.165) is 17.4 Å². The highest BCUT2D eigenvalue weighted by Crippen LogP contribution is 2.11. The van der Waals surface area contributed by atoms with Crippen LogP contribution in [0.2, 0.25) is 0 Å². The van der Waals surface area contributed by atoms with Gasteiger partial charge in [-0.05, 0) is 53.9 Å². The number of halogens is 1. The second-order valence-electron chi connectivity index (χ2n) is 4.05. The lowest BCUT2D eigenvalue weighted by Crippen LogP contribution is -2.29. The first-order valence-corrected chi connectivity index (χ1v) is 6.89. The smallest absolute Gasteiger partial charge is 0.0413 e. The predicted octanol–water partition coefficient (Wildman–Crippen LogP) is 3.55. The quantitative estimate of drug-likeness (QED) is 0.828. The van der Waals surface area contributed by atoms with Gasteiger partial charge in [-0.2, -0.15) is 0 Å². The number of pyridine rings is 1. The summed E-state index contributed by atoms with van der Waals surface area (Å²) in [5, 5.41) is 3.53. The molecule has 0 saturated carbocycles. The lowest BCUT2D eigenvalue weighted by molar-refractivity contribution is 0.458. The summed E-state index contributed by atoms with van der Waals surface area (Å²) >= 11 is 3.40. The van der Waals surface area contributed by atoms with E-state index in [4.69, 9.17) is 0 Å².